The summed E-state index contributed by atoms with van der Waals surface area (Å²) in [7, 11) is 1.58. The fourth-order valence-electron chi connectivity index (χ4n) is 2.58. The molecule has 0 amide bonds. The molecule has 0 saturated carbocycles. The first-order chi connectivity index (χ1) is 12.0. The quantitative estimate of drug-likeness (QED) is 0.656. The molecule has 7 heteroatoms. The number of hydrogen-bond donors (Lipinski definition) is 0. The maximum Gasteiger partial charge on any atom is 0.368 e. The molecule has 1 heterocycles. The Kier molecular flexibility index (Phi) is 5.15. The minimum Gasteiger partial charge on any atom is -0.369 e. The Morgan fingerprint density at radius 3 is 2.52 bits per heavy atom. The Hall–Kier alpha value is -2.25. The van der Waals surface area contributed by atoms with Crippen molar-refractivity contribution in [1.29, 1.82) is 0 Å². The highest BCUT2D eigenvalue weighted by Gasteiger charge is 2.14. The van der Waals surface area contributed by atoms with Gasteiger partial charge in [0.2, 0.25) is 0 Å². The maximum absolute atomic E-state index is 12.2. The molecule has 0 aliphatic rings. The molecule has 0 aliphatic carbocycles. The Balaban J connectivity index is 1.86. The highest BCUT2D eigenvalue weighted by atomic mass is 79.9. The number of nitrogens with zero attached hydrogens (tertiary/aromatic N) is 4. The predicted octanol–water partition coefficient (Wildman–Crippen LogP) is 3.31. The summed E-state index contributed by atoms with van der Waals surface area (Å²) < 4.78 is 9.60. The van der Waals surface area contributed by atoms with Crippen LogP contribution in [0, 0.1) is 6.92 Å². The second-order valence-corrected chi connectivity index (χ2v) is 6.79. The molecule has 6 nitrogen and oxygen atoms in total. The number of ether oxygens (including phenoxy) is 1. The minimum atomic E-state index is -0.284. The second kappa shape index (κ2) is 7.33. The zero-order valence-corrected chi connectivity index (χ0v) is 15.9. The summed E-state index contributed by atoms with van der Waals surface area (Å²) in [6.07, 6.45) is -0.0702. The molecule has 0 spiro atoms. The van der Waals surface area contributed by atoms with Crippen molar-refractivity contribution in [2.45, 2.75) is 26.6 Å². The van der Waals surface area contributed by atoms with Crippen LogP contribution in [0.5, 0.6) is 0 Å². The second-order valence-electron chi connectivity index (χ2n) is 5.87. The van der Waals surface area contributed by atoms with Gasteiger partial charge in [0, 0.05) is 17.1 Å². The monoisotopic (exact) mass is 402 g/mol. The SMILES string of the molecule is Cc1cccc(-n2nnn(C)c2=O)c1COC(C)c1ccc(Br)cc1. The smallest absolute Gasteiger partial charge is 0.368 e. The lowest BCUT2D eigenvalue weighted by molar-refractivity contribution is 0.0522. The van der Waals surface area contributed by atoms with E-state index in [2.05, 4.69) is 26.4 Å². The summed E-state index contributed by atoms with van der Waals surface area (Å²) in [4.78, 5) is 12.2. The van der Waals surface area contributed by atoms with Gasteiger partial charge >= 0.3 is 5.69 Å². The summed E-state index contributed by atoms with van der Waals surface area (Å²) in [6, 6.07) is 13.8. The van der Waals surface area contributed by atoms with Gasteiger partial charge in [-0.1, -0.05) is 40.2 Å². The minimum absolute atomic E-state index is 0.0702. The number of aromatic nitrogens is 4. The van der Waals surface area contributed by atoms with Crippen LogP contribution in [0.4, 0.5) is 0 Å². The molecule has 0 bridgehead atoms. The predicted molar refractivity (Wildman–Crippen MR) is 98.7 cm³/mol. The van der Waals surface area contributed by atoms with Crippen molar-refractivity contribution in [3.63, 3.8) is 0 Å². The summed E-state index contributed by atoms with van der Waals surface area (Å²) in [5.41, 5.74) is 3.47. The van der Waals surface area contributed by atoms with E-state index < -0.39 is 0 Å². The lowest BCUT2D eigenvalue weighted by Crippen LogP contribution is -2.23. The van der Waals surface area contributed by atoms with Gasteiger partial charge in [0.25, 0.3) is 0 Å². The van der Waals surface area contributed by atoms with Gasteiger partial charge in [0.05, 0.1) is 18.4 Å². The van der Waals surface area contributed by atoms with Gasteiger partial charge < -0.3 is 4.74 Å². The fourth-order valence-corrected chi connectivity index (χ4v) is 2.84. The molecule has 0 N–H and O–H groups in total. The van der Waals surface area contributed by atoms with E-state index in [4.69, 9.17) is 4.74 Å². The molecular formula is C18H19BrN4O2. The van der Waals surface area contributed by atoms with Crippen LogP contribution in [0.15, 0.2) is 51.7 Å². The first-order valence-corrected chi connectivity index (χ1v) is 8.71. The molecule has 1 atom stereocenters. The Morgan fingerprint density at radius 2 is 1.88 bits per heavy atom. The number of tetrazole rings is 1. The fraction of sp³-hybridized carbons (Fsp3) is 0.278. The van der Waals surface area contributed by atoms with Crippen LogP contribution in [-0.4, -0.2) is 19.8 Å². The summed E-state index contributed by atoms with van der Waals surface area (Å²) in [5, 5.41) is 7.72. The number of aryl methyl sites for hydroxylation is 2. The van der Waals surface area contributed by atoms with E-state index in [0.29, 0.717) is 12.3 Å². The van der Waals surface area contributed by atoms with Gasteiger partial charge in [-0.3, -0.25) is 0 Å². The third-order valence-electron chi connectivity index (χ3n) is 4.15. The van der Waals surface area contributed by atoms with E-state index >= 15 is 0 Å². The molecule has 0 radical (unpaired) electrons. The van der Waals surface area contributed by atoms with Crippen LogP contribution < -0.4 is 5.69 Å². The van der Waals surface area contributed by atoms with Crippen molar-refractivity contribution in [3.05, 3.63) is 74.1 Å². The number of benzene rings is 2. The molecular weight excluding hydrogens is 384 g/mol. The topological polar surface area (TPSA) is 61.9 Å². The van der Waals surface area contributed by atoms with Gasteiger partial charge in [-0.15, -0.1) is 0 Å². The van der Waals surface area contributed by atoms with Crippen LogP contribution in [0.3, 0.4) is 0 Å². The van der Waals surface area contributed by atoms with Crippen LogP contribution in [0.1, 0.15) is 29.7 Å². The Labute approximate surface area is 154 Å². The van der Waals surface area contributed by atoms with Gasteiger partial charge in [-0.05, 0) is 53.6 Å². The van der Waals surface area contributed by atoms with E-state index in [0.717, 1.165) is 21.2 Å². The van der Waals surface area contributed by atoms with Gasteiger partial charge in [0.15, 0.2) is 0 Å². The van der Waals surface area contributed by atoms with Crippen molar-refractivity contribution in [2.24, 2.45) is 7.05 Å². The summed E-state index contributed by atoms with van der Waals surface area (Å²) in [6.45, 7) is 4.38. The maximum atomic E-state index is 12.2. The summed E-state index contributed by atoms with van der Waals surface area (Å²) in [5.74, 6) is 0. The number of hydrogen-bond acceptors (Lipinski definition) is 4. The zero-order valence-electron chi connectivity index (χ0n) is 14.3. The van der Waals surface area contributed by atoms with E-state index in [1.807, 2.05) is 56.3 Å². The molecule has 3 aromatic rings. The Morgan fingerprint density at radius 1 is 1.16 bits per heavy atom. The molecule has 130 valence electrons. The Bertz CT molecular complexity index is 931. The number of rotatable bonds is 5. The zero-order chi connectivity index (χ0) is 18.0. The first-order valence-electron chi connectivity index (χ1n) is 7.92. The molecule has 0 aliphatic heterocycles. The molecule has 0 saturated heterocycles. The third-order valence-corrected chi connectivity index (χ3v) is 4.68. The molecule has 1 aromatic heterocycles. The standard InChI is InChI=1S/C18H19BrN4O2/c1-12-5-4-6-17(23-18(24)22(3)20-21-23)16(12)11-25-13(2)14-7-9-15(19)10-8-14/h4-10,13H,11H2,1-3H3. The van der Waals surface area contributed by atoms with Crippen LogP contribution in [-0.2, 0) is 18.4 Å². The summed E-state index contributed by atoms with van der Waals surface area (Å²) >= 11 is 3.44. The molecule has 1 unspecified atom stereocenters. The third kappa shape index (κ3) is 3.72. The van der Waals surface area contributed by atoms with Crippen LogP contribution in [0.25, 0.3) is 5.69 Å². The molecule has 2 aromatic carbocycles. The van der Waals surface area contributed by atoms with Crippen molar-refractivity contribution in [1.82, 2.24) is 19.8 Å². The van der Waals surface area contributed by atoms with E-state index in [9.17, 15) is 4.79 Å². The average Bonchev–Trinajstić information content (AvgIpc) is 2.93. The van der Waals surface area contributed by atoms with Crippen LogP contribution >= 0.6 is 15.9 Å². The largest absolute Gasteiger partial charge is 0.369 e. The van der Waals surface area contributed by atoms with E-state index in [-0.39, 0.29) is 11.8 Å². The normalized spacial score (nSPS) is 12.3. The lowest BCUT2D eigenvalue weighted by atomic mass is 10.1. The van der Waals surface area contributed by atoms with Gasteiger partial charge in [-0.25, -0.2) is 4.79 Å². The van der Waals surface area contributed by atoms with Crippen molar-refractivity contribution >= 4 is 15.9 Å². The van der Waals surface area contributed by atoms with Gasteiger partial charge in [0.1, 0.15) is 0 Å². The highest BCUT2D eigenvalue weighted by molar-refractivity contribution is 9.10. The van der Waals surface area contributed by atoms with Crippen LogP contribution in [0.2, 0.25) is 0 Å². The highest BCUT2D eigenvalue weighted by Crippen LogP contribution is 2.24. The van der Waals surface area contributed by atoms with Crippen molar-refractivity contribution in [3.8, 4) is 5.69 Å². The first kappa shape index (κ1) is 17.6. The average molecular weight is 403 g/mol. The lowest BCUT2D eigenvalue weighted by Gasteiger charge is -2.17. The van der Waals surface area contributed by atoms with Crippen molar-refractivity contribution in [2.75, 3.05) is 0 Å². The van der Waals surface area contributed by atoms with E-state index in [1.54, 1.807) is 7.05 Å². The van der Waals surface area contributed by atoms with E-state index in [1.165, 1.54) is 9.36 Å². The molecule has 0 fully saturated rings. The van der Waals surface area contributed by atoms with Gasteiger partial charge in [-0.2, -0.15) is 9.36 Å². The van der Waals surface area contributed by atoms with Crippen molar-refractivity contribution < 1.29 is 4.74 Å². The molecule has 3 rings (SSSR count). The molecule has 25 heavy (non-hydrogen) atoms. The number of halogens is 1.